The molecule has 56 heavy (non-hydrogen) atoms. The largest absolute Gasteiger partial charge is 0.285 e. The average Bonchev–Trinajstić information content (AvgIpc) is 3.25. The molecule has 8 heteroatoms. The monoisotopic (exact) mass is 728 g/mol. The van der Waals surface area contributed by atoms with Crippen LogP contribution in [-0.2, 0) is 0 Å². The van der Waals surface area contributed by atoms with E-state index in [-0.39, 0.29) is 44.5 Å². The molecule has 0 spiro atoms. The zero-order valence-electron chi connectivity index (χ0n) is 29.1. The Morgan fingerprint density at radius 3 is 0.375 bits per heavy atom. The van der Waals surface area contributed by atoms with Crippen LogP contribution in [0, 0.1) is 0 Å². The van der Waals surface area contributed by atoms with E-state index >= 15 is 0 Å². The van der Waals surface area contributed by atoms with Gasteiger partial charge >= 0.3 is 0 Å². The minimum Gasteiger partial charge on any atom is -0.285 e. The summed E-state index contributed by atoms with van der Waals surface area (Å²) in [6.07, 6.45) is 0. The van der Waals surface area contributed by atoms with Crippen molar-refractivity contribution in [1.29, 1.82) is 0 Å². The molecule has 0 N–H and O–H groups in total. The molecule has 0 aliphatic heterocycles. The first-order valence-corrected chi connectivity index (χ1v) is 17.5. The first-order chi connectivity index (χ1) is 27.0. The number of benzene rings is 8. The van der Waals surface area contributed by atoms with Crippen molar-refractivity contribution in [1.82, 2.24) is 0 Å². The van der Waals surface area contributed by atoms with E-state index in [1.807, 2.05) is 0 Å². The fourth-order valence-electron chi connectivity index (χ4n) is 7.16. The Balaban J connectivity index is 1.13. The van der Waals surface area contributed by atoms with Crippen LogP contribution in [0.2, 0.25) is 0 Å². The first kappa shape index (κ1) is 34.0. The maximum absolute atomic E-state index is 13.4. The molecule has 15 aliphatic rings. The Bertz CT molecular complexity index is 2540. The van der Waals surface area contributed by atoms with Gasteiger partial charge in [-0.05, 0) is 91.6 Å². The lowest BCUT2D eigenvalue weighted by molar-refractivity contribution is 0.0817. The minimum atomic E-state index is -0.740. The molecule has 15 aliphatic carbocycles. The van der Waals surface area contributed by atoms with Crippen LogP contribution < -0.4 is 0 Å². The van der Waals surface area contributed by atoms with Crippen LogP contribution in [0.3, 0.4) is 0 Å². The molecule has 0 unspecified atom stereocenters. The summed E-state index contributed by atoms with van der Waals surface area (Å²) < 4.78 is 0. The van der Waals surface area contributed by atoms with Crippen LogP contribution in [0.15, 0.2) is 146 Å². The SMILES string of the molecule is O=C1C(=O)c2ccc3cc(ccc3c2)C(=O)C(=O)c2ccc3cc(ccc3c2)C(=O)C(=O)c2ccc3cc(ccc3c2)C(=O)C(=O)c2ccc3cc1ccc3c2. The Morgan fingerprint density at radius 2 is 0.268 bits per heavy atom. The predicted molar refractivity (Wildman–Crippen MR) is 210 cm³/mol. The van der Waals surface area contributed by atoms with Crippen molar-refractivity contribution in [2.45, 2.75) is 0 Å². The van der Waals surface area contributed by atoms with Gasteiger partial charge in [-0.1, -0.05) is 97.1 Å². The third-order valence-corrected chi connectivity index (χ3v) is 10.3. The molecule has 8 aromatic carbocycles. The molecule has 0 saturated carbocycles. The van der Waals surface area contributed by atoms with E-state index in [9.17, 15) is 38.4 Å². The summed E-state index contributed by atoms with van der Waals surface area (Å²) in [5.74, 6) is -5.92. The quantitative estimate of drug-likeness (QED) is 0.141. The van der Waals surface area contributed by atoms with Crippen LogP contribution in [0.4, 0.5) is 0 Å². The maximum Gasteiger partial charge on any atom is 0.233 e. The van der Waals surface area contributed by atoms with Crippen LogP contribution >= 0.6 is 0 Å². The second-order valence-electron chi connectivity index (χ2n) is 13.7. The fraction of sp³-hybridized carbons (Fsp3) is 0. The van der Waals surface area contributed by atoms with Crippen molar-refractivity contribution < 1.29 is 38.4 Å². The van der Waals surface area contributed by atoms with Gasteiger partial charge < -0.3 is 0 Å². The molecule has 0 aromatic heterocycles. The highest BCUT2D eigenvalue weighted by molar-refractivity contribution is 6.52. The first-order valence-electron chi connectivity index (χ1n) is 17.5. The number of carbonyl (C=O) groups is 8. The van der Waals surface area contributed by atoms with E-state index in [0.29, 0.717) is 43.1 Å². The van der Waals surface area contributed by atoms with Crippen LogP contribution in [0.25, 0.3) is 43.1 Å². The summed E-state index contributed by atoms with van der Waals surface area (Å²) in [5, 5.41) is 4.63. The lowest BCUT2D eigenvalue weighted by atomic mass is 9.93. The standard InChI is InChI=1S/C48H24O8/c49-41-33-9-1-25-17-34(10-2-26(25)18-33)42(50)44(52)36-12-4-30-22-38(14-6-29(30)20-36)46(54)48(56)40-16-8-31-23-39(15-7-32(31)24-40)47(55)45(53)37-13-5-27-19-35(43(41)51)11-3-28(27)21-37/h1-24H. The number of hydrogen-bond donors (Lipinski definition) is 0. The molecule has 0 atom stereocenters. The van der Waals surface area contributed by atoms with Crippen molar-refractivity contribution in [3.63, 3.8) is 0 Å². The van der Waals surface area contributed by atoms with Gasteiger partial charge in [0.25, 0.3) is 0 Å². The second kappa shape index (κ2) is 12.9. The van der Waals surface area contributed by atoms with Gasteiger partial charge in [0.05, 0.1) is 0 Å². The molecule has 8 aromatic rings. The van der Waals surface area contributed by atoms with Crippen LogP contribution in [-0.4, -0.2) is 46.3 Å². The lowest BCUT2D eigenvalue weighted by Gasteiger charge is -2.08. The van der Waals surface area contributed by atoms with Gasteiger partial charge in [0.1, 0.15) is 0 Å². The number of ketones is 8. The van der Waals surface area contributed by atoms with Gasteiger partial charge in [0, 0.05) is 44.5 Å². The van der Waals surface area contributed by atoms with E-state index in [0.717, 1.165) is 0 Å². The number of hydrogen-bond acceptors (Lipinski definition) is 8. The third-order valence-electron chi connectivity index (χ3n) is 10.3. The van der Waals surface area contributed by atoms with Gasteiger partial charge in [0.15, 0.2) is 0 Å². The third kappa shape index (κ3) is 5.73. The van der Waals surface area contributed by atoms with E-state index < -0.39 is 46.3 Å². The van der Waals surface area contributed by atoms with E-state index in [4.69, 9.17) is 0 Å². The highest BCUT2D eigenvalue weighted by Gasteiger charge is 2.24. The average molecular weight is 729 g/mol. The van der Waals surface area contributed by atoms with Crippen molar-refractivity contribution in [3.05, 3.63) is 190 Å². The summed E-state index contributed by atoms with van der Waals surface area (Å²) in [6.45, 7) is 0. The normalized spacial score (nSPS) is 14.0. The molecular weight excluding hydrogens is 705 g/mol. The number of Topliss-reactive ketones (excluding diaryl/α,β-unsaturated/α-hetero) is 8. The highest BCUT2D eigenvalue weighted by atomic mass is 16.2. The van der Waals surface area contributed by atoms with E-state index in [1.54, 1.807) is 97.1 Å². The molecule has 0 heterocycles. The topological polar surface area (TPSA) is 137 Å². The maximum atomic E-state index is 13.4. The molecule has 0 fully saturated rings. The van der Waals surface area contributed by atoms with Gasteiger partial charge in [-0.15, -0.1) is 0 Å². The Kier molecular flexibility index (Phi) is 7.84. The zero-order chi connectivity index (χ0) is 38.8. The highest BCUT2D eigenvalue weighted by Crippen LogP contribution is 2.26. The van der Waals surface area contributed by atoms with Gasteiger partial charge in [-0.3, -0.25) is 38.4 Å². The van der Waals surface area contributed by atoms with Crippen molar-refractivity contribution in [2.75, 3.05) is 0 Å². The van der Waals surface area contributed by atoms with Gasteiger partial charge in [-0.25, -0.2) is 0 Å². The fourth-order valence-corrected chi connectivity index (χ4v) is 7.16. The molecule has 0 amide bonds. The van der Waals surface area contributed by atoms with E-state index in [2.05, 4.69) is 0 Å². The van der Waals surface area contributed by atoms with Gasteiger partial charge in [0.2, 0.25) is 46.3 Å². The molecule has 0 saturated heterocycles. The molecule has 16 bridgehead atoms. The summed E-state index contributed by atoms with van der Waals surface area (Å²) in [5.41, 5.74) is 1.13. The van der Waals surface area contributed by atoms with Crippen LogP contribution in [0.5, 0.6) is 0 Å². The van der Waals surface area contributed by atoms with E-state index in [1.165, 1.54) is 48.5 Å². The number of rotatable bonds is 0. The van der Waals surface area contributed by atoms with Gasteiger partial charge in [-0.2, -0.15) is 0 Å². The molecule has 8 nitrogen and oxygen atoms in total. The summed E-state index contributed by atoms with van der Waals surface area (Å²) in [4.78, 5) is 107. The molecule has 264 valence electrons. The summed E-state index contributed by atoms with van der Waals surface area (Å²) in [6, 6.07) is 37.1. The minimum absolute atomic E-state index is 0.141. The number of carbonyl (C=O) groups excluding carboxylic acids is 8. The lowest BCUT2D eigenvalue weighted by Crippen LogP contribution is -2.16. The second-order valence-corrected chi connectivity index (χ2v) is 13.7. The molecule has 23 rings (SSSR count). The predicted octanol–water partition coefficient (Wildman–Crippen LogP) is 8.88. The van der Waals surface area contributed by atoms with Crippen molar-refractivity contribution >= 4 is 89.4 Å². The Labute approximate surface area is 317 Å². The Hall–Kier alpha value is -7.84. The Morgan fingerprint density at radius 1 is 0.161 bits per heavy atom. The smallest absolute Gasteiger partial charge is 0.233 e. The van der Waals surface area contributed by atoms with Crippen LogP contribution in [0.1, 0.15) is 82.9 Å². The summed E-state index contributed by atoms with van der Waals surface area (Å²) >= 11 is 0. The molecule has 0 radical (unpaired) electrons. The zero-order valence-corrected chi connectivity index (χ0v) is 29.1. The molecular formula is C48H24O8. The van der Waals surface area contributed by atoms with Crippen molar-refractivity contribution in [2.24, 2.45) is 0 Å². The summed E-state index contributed by atoms with van der Waals surface area (Å²) in [7, 11) is 0. The van der Waals surface area contributed by atoms with Crippen molar-refractivity contribution in [3.8, 4) is 0 Å².